The van der Waals surface area contributed by atoms with E-state index in [9.17, 15) is 10.1 Å². The normalized spacial score (nSPS) is 10.8. The summed E-state index contributed by atoms with van der Waals surface area (Å²) in [6.45, 7) is 0. The number of rotatable bonds is 7. The molecule has 0 aliphatic carbocycles. The number of nitrogens with zero attached hydrogens (tertiary/aromatic N) is 4. The number of hydrogen-bond donors (Lipinski definition) is 1. The number of nitro groups is 1. The fraction of sp³-hybridized carbons (Fsp3) is 0. The molecule has 1 aromatic heterocycles. The molecule has 0 radical (unpaired) electrons. The van der Waals surface area contributed by atoms with Gasteiger partial charge in [-0.05, 0) is 36.4 Å². The van der Waals surface area contributed by atoms with E-state index in [-0.39, 0.29) is 18.8 Å². The van der Waals surface area contributed by atoms with Crippen molar-refractivity contribution in [3.63, 3.8) is 0 Å². The van der Waals surface area contributed by atoms with Gasteiger partial charge in [0.1, 0.15) is 0 Å². The Morgan fingerprint density at radius 2 is 1.40 bits per heavy atom. The SMILES string of the molecule is NOOc1ccc(N=Cc2ccc(C=Nc3ccc([N+](=O)[O-])cc3)[n-]2)cc1.[Cl][Fe+][Cl]. The minimum absolute atomic E-state index is 0.0223. The summed E-state index contributed by atoms with van der Waals surface area (Å²) in [5.74, 6) is 5.28. The monoisotopic (exact) mass is 490 g/mol. The van der Waals surface area contributed by atoms with Gasteiger partial charge in [0.25, 0.3) is 5.69 Å². The molecule has 9 nitrogen and oxygen atoms in total. The van der Waals surface area contributed by atoms with E-state index in [0.717, 1.165) is 0 Å². The van der Waals surface area contributed by atoms with Crippen LogP contribution < -0.4 is 15.8 Å². The summed E-state index contributed by atoms with van der Waals surface area (Å²) in [5, 5.41) is 10.6. The number of aromatic nitrogens is 1. The molecule has 0 saturated heterocycles. The summed E-state index contributed by atoms with van der Waals surface area (Å²) in [6.07, 6.45) is 3.20. The third kappa shape index (κ3) is 7.96. The number of hydrogen-bond acceptors (Lipinski definition) is 7. The maximum atomic E-state index is 10.6. The number of nitrogens with two attached hydrogens (primary N) is 1. The zero-order chi connectivity index (χ0) is 21.8. The molecule has 3 rings (SSSR count). The first-order valence-electron chi connectivity index (χ1n) is 8.00. The van der Waals surface area contributed by atoms with Gasteiger partial charge < -0.3 is 9.87 Å². The van der Waals surface area contributed by atoms with E-state index in [4.69, 9.17) is 26.1 Å². The molecule has 0 saturated carbocycles. The Bertz CT molecular complexity index is 995. The molecule has 3 aromatic rings. The van der Waals surface area contributed by atoms with E-state index in [2.05, 4.69) is 24.8 Å². The predicted molar refractivity (Wildman–Crippen MR) is 111 cm³/mol. The van der Waals surface area contributed by atoms with E-state index >= 15 is 0 Å². The summed E-state index contributed by atoms with van der Waals surface area (Å²) in [4.78, 5) is 31.9. The fourth-order valence-corrected chi connectivity index (χ4v) is 2.12. The zero-order valence-electron chi connectivity index (χ0n) is 15.0. The van der Waals surface area contributed by atoms with Crippen LogP contribution in [-0.2, 0) is 18.1 Å². The van der Waals surface area contributed by atoms with Crippen molar-refractivity contribution in [2.45, 2.75) is 0 Å². The van der Waals surface area contributed by atoms with Crippen molar-refractivity contribution in [1.29, 1.82) is 0 Å². The van der Waals surface area contributed by atoms with Gasteiger partial charge in [0.15, 0.2) is 5.75 Å². The molecule has 30 heavy (non-hydrogen) atoms. The van der Waals surface area contributed by atoms with Crippen molar-refractivity contribution in [2.24, 2.45) is 15.9 Å². The second-order valence-corrected chi connectivity index (χ2v) is 7.13. The van der Waals surface area contributed by atoms with Crippen molar-refractivity contribution in [1.82, 2.24) is 4.98 Å². The first-order chi connectivity index (χ1) is 14.5. The van der Waals surface area contributed by atoms with E-state index in [1.54, 1.807) is 61.0 Å². The van der Waals surface area contributed by atoms with Gasteiger partial charge in [-0.15, -0.1) is 11.4 Å². The number of halogens is 2. The third-order valence-electron chi connectivity index (χ3n) is 3.42. The van der Waals surface area contributed by atoms with Gasteiger partial charge in [-0.25, -0.2) is 0 Å². The number of aliphatic imine (C=N–C) groups is 2. The fourth-order valence-electron chi connectivity index (χ4n) is 2.12. The zero-order valence-corrected chi connectivity index (χ0v) is 17.7. The van der Waals surface area contributed by atoms with Crippen molar-refractivity contribution in [2.75, 3.05) is 0 Å². The average molecular weight is 491 g/mol. The van der Waals surface area contributed by atoms with Gasteiger partial charge >= 0.3 is 33.3 Å². The number of non-ortho nitro benzene ring substituents is 1. The Morgan fingerprint density at radius 1 is 0.933 bits per heavy atom. The molecule has 0 aliphatic rings. The standard InChI is InChI=1S/C18H14N5O4.2ClH.Fe/c19-27-26-18-9-5-14(6-10-18)21-12-16-2-1-15(22-16)11-20-13-3-7-17(8-4-13)23(24)25;;;/h1-12H,19H2;2*1H;/q-1;;;+3/p-2. The molecule has 0 amide bonds. The molecule has 1 heterocycles. The van der Waals surface area contributed by atoms with E-state index < -0.39 is 4.92 Å². The van der Waals surface area contributed by atoms with Crippen LogP contribution in [0.15, 0.2) is 70.6 Å². The van der Waals surface area contributed by atoms with Crippen molar-refractivity contribution >= 4 is 49.7 Å². The Labute approximate surface area is 186 Å². The maximum absolute atomic E-state index is 10.6. The molecule has 157 valence electrons. The predicted octanol–water partition coefficient (Wildman–Crippen LogP) is 4.61. The molecule has 0 atom stereocenters. The van der Waals surface area contributed by atoms with Gasteiger partial charge in [0, 0.05) is 24.6 Å². The van der Waals surface area contributed by atoms with Gasteiger partial charge in [-0.3, -0.25) is 20.1 Å². The number of benzene rings is 2. The van der Waals surface area contributed by atoms with Crippen LogP contribution in [-0.4, -0.2) is 17.4 Å². The molecule has 0 spiro atoms. The molecular weight excluding hydrogens is 477 g/mol. The van der Waals surface area contributed by atoms with Crippen LogP contribution in [0.4, 0.5) is 17.1 Å². The molecule has 2 N–H and O–H groups in total. The molecule has 0 bridgehead atoms. The summed E-state index contributed by atoms with van der Waals surface area (Å²) in [6, 6.07) is 16.4. The van der Waals surface area contributed by atoms with E-state index in [1.807, 2.05) is 0 Å². The molecule has 0 unspecified atom stereocenters. The van der Waals surface area contributed by atoms with Crippen LogP contribution in [0.3, 0.4) is 0 Å². The van der Waals surface area contributed by atoms with Crippen LogP contribution >= 0.6 is 20.2 Å². The quantitative estimate of drug-likeness (QED) is 0.169. The van der Waals surface area contributed by atoms with Crippen LogP contribution in [0.1, 0.15) is 11.4 Å². The van der Waals surface area contributed by atoms with Gasteiger partial charge in [-0.2, -0.15) is 5.90 Å². The van der Waals surface area contributed by atoms with Crippen LogP contribution in [0.25, 0.3) is 0 Å². The van der Waals surface area contributed by atoms with E-state index in [0.29, 0.717) is 28.5 Å². The molecule has 2 aromatic carbocycles. The van der Waals surface area contributed by atoms with Crippen molar-refractivity contribution < 1.29 is 27.9 Å². The second-order valence-electron chi connectivity index (χ2n) is 5.31. The van der Waals surface area contributed by atoms with Crippen molar-refractivity contribution in [3.8, 4) is 5.75 Å². The Hall–Kier alpha value is -2.72. The topological polar surface area (TPSA) is 126 Å². The summed E-state index contributed by atoms with van der Waals surface area (Å²) in [5.41, 5.74) is 2.66. The summed E-state index contributed by atoms with van der Waals surface area (Å²) < 4.78 is 0. The van der Waals surface area contributed by atoms with Crippen molar-refractivity contribution in [3.05, 3.63) is 82.2 Å². The Balaban J connectivity index is 0.00000101. The van der Waals surface area contributed by atoms with Crippen LogP contribution in [0, 0.1) is 10.1 Å². The number of nitro benzene ring substituents is 1. The molecule has 12 heteroatoms. The van der Waals surface area contributed by atoms with Gasteiger partial charge in [-0.1, -0.05) is 17.1 Å². The Morgan fingerprint density at radius 3 is 1.83 bits per heavy atom. The van der Waals surface area contributed by atoms with Crippen LogP contribution in [0.2, 0.25) is 0 Å². The first kappa shape index (κ1) is 23.6. The van der Waals surface area contributed by atoms with Gasteiger partial charge in [0.05, 0.1) is 16.3 Å². The second kappa shape index (κ2) is 12.8. The molecule has 0 aliphatic heterocycles. The summed E-state index contributed by atoms with van der Waals surface area (Å²) >= 11 is 0.194. The molecular formula is C18H14Cl2FeN5O4. The molecule has 0 fully saturated rings. The van der Waals surface area contributed by atoms with Crippen LogP contribution in [0.5, 0.6) is 5.75 Å². The average Bonchev–Trinajstić information content (AvgIpc) is 3.21. The van der Waals surface area contributed by atoms with Gasteiger partial charge in [0.2, 0.25) is 0 Å². The van der Waals surface area contributed by atoms with E-state index in [1.165, 1.54) is 12.1 Å². The minimum atomic E-state index is -0.454. The Kier molecular flexibility index (Phi) is 10.0. The third-order valence-corrected chi connectivity index (χ3v) is 3.42. The summed E-state index contributed by atoms with van der Waals surface area (Å²) in [7, 11) is 9.53. The first-order valence-corrected chi connectivity index (χ1v) is 11.0.